The molecule has 12 heteroatoms. The standard InChI is InChI=1S/C35H45N3O7S2/c1-4-6-17-35(5-2)23-38(26-15-11-8-12-16-26)28-18-30(46-3)29(19-31(28)47(43,44)24-35)45-22-32(41)37-33(25-13-9-7-10-14-25)34(42)36-20-27(40)21-39/h7-16,18-19,27,33,39-40H,4-6,17,20-24H2,1-3H3,(H,36,42)(H,37,41)/t27?,33-,35?/m1/s1. The Morgan fingerprint density at radius 3 is 2.36 bits per heavy atom. The zero-order valence-electron chi connectivity index (χ0n) is 27.1. The molecule has 4 rings (SSSR count). The second-order valence-electron chi connectivity index (χ2n) is 11.9. The maximum atomic E-state index is 14.2. The first-order chi connectivity index (χ1) is 22.6. The van der Waals surface area contributed by atoms with Gasteiger partial charge in [-0.15, -0.1) is 11.8 Å². The van der Waals surface area contributed by atoms with Crippen molar-refractivity contribution in [2.75, 3.05) is 43.2 Å². The first kappa shape index (κ1) is 36.3. The van der Waals surface area contributed by atoms with Crippen LogP contribution in [0.15, 0.2) is 82.6 Å². The maximum Gasteiger partial charge on any atom is 0.258 e. The number of amides is 2. The fourth-order valence-electron chi connectivity index (χ4n) is 5.82. The molecule has 0 spiro atoms. The SMILES string of the molecule is CCCCC1(CC)CN(c2ccccc2)c2cc(SC)c(OCC(=O)N[C@@H](C(=O)NCC(O)CO)c3ccccc3)cc2S(=O)(=O)C1. The number of para-hydroxylation sites is 1. The minimum absolute atomic E-state index is 0.00419. The van der Waals surface area contributed by atoms with Crippen LogP contribution < -0.4 is 20.3 Å². The molecule has 10 nitrogen and oxygen atoms in total. The molecule has 0 saturated heterocycles. The number of aliphatic hydroxyl groups excluding tert-OH is 2. The molecule has 254 valence electrons. The summed E-state index contributed by atoms with van der Waals surface area (Å²) in [6.07, 6.45) is 4.10. The number of sulfone groups is 1. The summed E-state index contributed by atoms with van der Waals surface area (Å²) in [6, 6.07) is 20.7. The monoisotopic (exact) mass is 683 g/mol. The van der Waals surface area contributed by atoms with Crippen LogP contribution in [0.5, 0.6) is 5.75 Å². The quantitative estimate of drug-likeness (QED) is 0.169. The largest absolute Gasteiger partial charge is 0.483 e. The predicted molar refractivity (Wildman–Crippen MR) is 185 cm³/mol. The number of nitrogens with zero attached hydrogens (tertiary/aromatic N) is 1. The number of fused-ring (bicyclic) bond motifs is 1. The number of hydrogen-bond acceptors (Lipinski definition) is 9. The lowest BCUT2D eigenvalue weighted by Gasteiger charge is -2.36. The van der Waals surface area contributed by atoms with E-state index in [9.17, 15) is 23.1 Å². The Hall–Kier alpha value is -3.58. The van der Waals surface area contributed by atoms with Crippen LogP contribution in [0.4, 0.5) is 11.4 Å². The van der Waals surface area contributed by atoms with Crippen molar-refractivity contribution in [1.82, 2.24) is 10.6 Å². The van der Waals surface area contributed by atoms with Crippen molar-refractivity contribution < 1.29 is 33.0 Å². The number of thioether (sulfide) groups is 1. The molecule has 47 heavy (non-hydrogen) atoms. The first-order valence-corrected chi connectivity index (χ1v) is 18.7. The molecule has 0 aliphatic carbocycles. The Morgan fingerprint density at radius 2 is 1.74 bits per heavy atom. The second-order valence-corrected chi connectivity index (χ2v) is 14.7. The van der Waals surface area contributed by atoms with E-state index in [4.69, 9.17) is 9.84 Å². The maximum absolute atomic E-state index is 14.2. The van der Waals surface area contributed by atoms with Crippen LogP contribution in [0, 0.1) is 5.41 Å². The topological polar surface area (TPSA) is 145 Å². The number of hydrogen-bond donors (Lipinski definition) is 4. The molecule has 0 bridgehead atoms. The number of aliphatic hydroxyl groups is 2. The van der Waals surface area contributed by atoms with E-state index in [1.165, 1.54) is 17.8 Å². The molecule has 4 N–H and O–H groups in total. The van der Waals surface area contributed by atoms with Gasteiger partial charge in [-0.1, -0.05) is 75.2 Å². The van der Waals surface area contributed by atoms with Crippen LogP contribution in [0.2, 0.25) is 0 Å². The summed E-state index contributed by atoms with van der Waals surface area (Å²) in [4.78, 5) is 29.1. The molecule has 0 fully saturated rings. The third-order valence-corrected chi connectivity index (χ3v) is 11.3. The summed E-state index contributed by atoms with van der Waals surface area (Å²) < 4.78 is 34.3. The highest BCUT2D eigenvalue weighted by atomic mass is 32.2. The second kappa shape index (κ2) is 16.5. The molecule has 0 radical (unpaired) electrons. The lowest BCUT2D eigenvalue weighted by molar-refractivity contribution is -0.130. The van der Waals surface area contributed by atoms with Crippen LogP contribution in [0.25, 0.3) is 0 Å². The summed E-state index contributed by atoms with van der Waals surface area (Å²) in [6.45, 7) is 3.53. The molecule has 2 amide bonds. The van der Waals surface area contributed by atoms with E-state index >= 15 is 0 Å². The average Bonchev–Trinajstić information content (AvgIpc) is 3.19. The molecular weight excluding hydrogens is 639 g/mol. The third-order valence-electron chi connectivity index (χ3n) is 8.52. The van der Waals surface area contributed by atoms with Gasteiger partial charge in [0.05, 0.1) is 33.9 Å². The predicted octanol–water partition coefficient (Wildman–Crippen LogP) is 4.63. The lowest BCUT2D eigenvalue weighted by Crippen LogP contribution is -2.44. The Balaban J connectivity index is 1.65. The number of nitrogens with one attached hydrogen (secondary N) is 2. The molecule has 2 unspecified atom stereocenters. The lowest BCUT2D eigenvalue weighted by atomic mass is 9.81. The fourth-order valence-corrected chi connectivity index (χ4v) is 8.54. The van der Waals surface area contributed by atoms with Gasteiger partial charge in [-0.2, -0.15) is 0 Å². The number of unbranched alkanes of at least 4 members (excludes halogenated alkanes) is 1. The van der Waals surface area contributed by atoms with Crippen LogP contribution in [0.1, 0.15) is 51.1 Å². The number of carbonyl (C=O) groups excluding carboxylic acids is 2. The Kier molecular flexibility index (Phi) is 12.7. The first-order valence-electron chi connectivity index (χ1n) is 15.9. The summed E-state index contributed by atoms with van der Waals surface area (Å²) in [5, 5.41) is 24.0. The van der Waals surface area contributed by atoms with Crippen LogP contribution in [-0.2, 0) is 19.4 Å². The van der Waals surface area contributed by atoms with Gasteiger partial charge in [0.1, 0.15) is 11.8 Å². The minimum Gasteiger partial charge on any atom is -0.483 e. The molecule has 0 aromatic heterocycles. The molecule has 1 aliphatic rings. The van der Waals surface area contributed by atoms with Crippen LogP contribution in [-0.4, -0.2) is 74.9 Å². The highest BCUT2D eigenvalue weighted by Gasteiger charge is 2.42. The molecule has 3 aromatic carbocycles. The van der Waals surface area contributed by atoms with E-state index in [0.717, 1.165) is 24.9 Å². The average molecular weight is 684 g/mol. The van der Waals surface area contributed by atoms with Gasteiger partial charge in [0.25, 0.3) is 5.91 Å². The van der Waals surface area contributed by atoms with Gasteiger partial charge in [-0.3, -0.25) is 9.59 Å². The Bertz CT molecular complexity index is 1610. The summed E-state index contributed by atoms with van der Waals surface area (Å²) in [7, 11) is -3.76. The van der Waals surface area contributed by atoms with Crippen molar-refractivity contribution in [2.45, 2.75) is 61.5 Å². The molecular formula is C35H45N3O7S2. The van der Waals surface area contributed by atoms with E-state index < -0.39 is 52.4 Å². The van der Waals surface area contributed by atoms with Crippen molar-refractivity contribution in [1.29, 1.82) is 0 Å². The molecule has 3 aromatic rings. The van der Waals surface area contributed by atoms with Crippen molar-refractivity contribution >= 4 is 44.8 Å². The fraction of sp³-hybridized carbons (Fsp3) is 0.429. The molecule has 1 heterocycles. The van der Waals surface area contributed by atoms with Gasteiger partial charge in [0.2, 0.25) is 5.91 Å². The van der Waals surface area contributed by atoms with Gasteiger partial charge < -0.3 is 30.5 Å². The smallest absolute Gasteiger partial charge is 0.258 e. The highest BCUT2D eigenvalue weighted by molar-refractivity contribution is 7.98. The van der Waals surface area contributed by atoms with E-state index in [0.29, 0.717) is 29.1 Å². The summed E-state index contributed by atoms with van der Waals surface area (Å²) in [5.74, 6) is -0.907. The number of anilines is 2. The number of rotatable bonds is 15. The van der Waals surface area contributed by atoms with Gasteiger partial charge in [0.15, 0.2) is 16.4 Å². The normalized spacial score (nSPS) is 18.4. The number of ether oxygens (including phenoxy) is 1. The van der Waals surface area contributed by atoms with Crippen molar-refractivity contribution in [2.24, 2.45) is 5.41 Å². The van der Waals surface area contributed by atoms with Gasteiger partial charge in [0, 0.05) is 30.3 Å². The highest BCUT2D eigenvalue weighted by Crippen LogP contribution is 2.47. The zero-order valence-corrected chi connectivity index (χ0v) is 28.8. The van der Waals surface area contributed by atoms with E-state index in [1.54, 1.807) is 30.3 Å². The van der Waals surface area contributed by atoms with Crippen molar-refractivity contribution in [3.05, 3.63) is 78.4 Å². The van der Waals surface area contributed by atoms with E-state index in [2.05, 4.69) is 29.4 Å². The van der Waals surface area contributed by atoms with E-state index in [-0.39, 0.29) is 22.9 Å². The van der Waals surface area contributed by atoms with Gasteiger partial charge >= 0.3 is 0 Å². The van der Waals surface area contributed by atoms with Crippen LogP contribution in [0.3, 0.4) is 0 Å². The van der Waals surface area contributed by atoms with Gasteiger partial charge in [-0.05, 0) is 42.9 Å². The molecule has 1 aliphatic heterocycles. The van der Waals surface area contributed by atoms with Crippen molar-refractivity contribution in [3.8, 4) is 5.75 Å². The zero-order chi connectivity index (χ0) is 34.0. The Morgan fingerprint density at radius 1 is 1.06 bits per heavy atom. The molecule has 0 saturated carbocycles. The number of benzene rings is 3. The van der Waals surface area contributed by atoms with E-state index in [1.807, 2.05) is 42.7 Å². The summed E-state index contributed by atoms with van der Waals surface area (Å²) >= 11 is 1.38. The Labute approximate surface area is 281 Å². The summed E-state index contributed by atoms with van der Waals surface area (Å²) in [5.41, 5.74) is 1.54. The van der Waals surface area contributed by atoms with Crippen LogP contribution >= 0.6 is 11.8 Å². The van der Waals surface area contributed by atoms with Gasteiger partial charge in [-0.25, -0.2) is 8.42 Å². The minimum atomic E-state index is -3.76. The van der Waals surface area contributed by atoms with Crippen molar-refractivity contribution in [3.63, 3.8) is 0 Å². The number of carbonyl (C=O) groups is 2. The third kappa shape index (κ3) is 9.07. The molecule has 3 atom stereocenters.